The third-order valence-corrected chi connectivity index (χ3v) is 4.66. The summed E-state index contributed by atoms with van der Waals surface area (Å²) in [5.41, 5.74) is 5.79. The van der Waals surface area contributed by atoms with E-state index in [0.29, 0.717) is 18.6 Å². The first kappa shape index (κ1) is 22.4. The minimum atomic E-state index is -1.17. The van der Waals surface area contributed by atoms with Gasteiger partial charge in [0.2, 0.25) is 11.8 Å². The van der Waals surface area contributed by atoms with Gasteiger partial charge >= 0.3 is 5.97 Å². The Kier molecular flexibility index (Phi) is 12.5. The lowest BCUT2D eigenvalue weighted by Crippen LogP contribution is -2.55. The van der Waals surface area contributed by atoms with E-state index in [0.717, 1.165) is 5.75 Å². The molecular weight excluding hydrogens is 358 g/mol. The Morgan fingerprint density at radius 1 is 1.04 bits per heavy atom. The molecule has 0 radical (unpaired) electrons. The second-order valence-electron chi connectivity index (χ2n) is 4.81. The predicted molar refractivity (Wildman–Crippen MR) is 99.3 cm³/mol. The summed E-state index contributed by atoms with van der Waals surface area (Å²) < 4.78 is 0. The number of hydrogen-bond donors (Lipinski definition) is 5. The van der Waals surface area contributed by atoms with Crippen LogP contribution in [0.15, 0.2) is 0 Å². The molecule has 134 valence electrons. The highest BCUT2D eigenvalue weighted by Crippen LogP contribution is 2.04. The van der Waals surface area contributed by atoms with Gasteiger partial charge in [-0.05, 0) is 36.9 Å². The molecule has 0 spiro atoms. The zero-order valence-corrected chi connectivity index (χ0v) is 15.8. The molecule has 0 heterocycles. The fourth-order valence-corrected chi connectivity index (χ4v) is 2.83. The first-order valence-corrected chi connectivity index (χ1v) is 10.5. The second kappa shape index (κ2) is 12.8. The Balaban J connectivity index is 4.75. The number of carboxylic acids is 1. The summed E-state index contributed by atoms with van der Waals surface area (Å²) in [7, 11) is 0. The Hall–Kier alpha value is -0.580. The summed E-state index contributed by atoms with van der Waals surface area (Å²) in [6, 6.07) is -2.59. The first-order valence-electron chi connectivity index (χ1n) is 7.05. The molecule has 0 aliphatic carbocycles. The number of nitrogens with two attached hydrogens (primary N) is 1. The van der Waals surface area contributed by atoms with Crippen molar-refractivity contribution >= 4 is 53.9 Å². The molecular formula is C13H25N3O4S3. The van der Waals surface area contributed by atoms with Crippen molar-refractivity contribution < 1.29 is 19.5 Å². The first-order chi connectivity index (χ1) is 10.9. The molecule has 0 aromatic carbocycles. The number of carbonyl (C=O) groups is 3. The fourth-order valence-electron chi connectivity index (χ4n) is 1.62. The van der Waals surface area contributed by atoms with Gasteiger partial charge in [-0.1, -0.05) is 0 Å². The van der Waals surface area contributed by atoms with Gasteiger partial charge in [-0.15, -0.1) is 0 Å². The third-order valence-electron chi connectivity index (χ3n) is 3.01. The lowest BCUT2D eigenvalue weighted by atomic mass is 10.1. The van der Waals surface area contributed by atoms with E-state index >= 15 is 0 Å². The molecule has 7 nitrogen and oxygen atoms in total. The van der Waals surface area contributed by atoms with Gasteiger partial charge in [0.05, 0.1) is 6.04 Å². The van der Waals surface area contributed by atoms with Crippen LogP contribution in [-0.2, 0) is 14.4 Å². The van der Waals surface area contributed by atoms with Crippen LogP contribution in [0.3, 0.4) is 0 Å². The summed E-state index contributed by atoms with van der Waals surface area (Å²) in [6.07, 6.45) is 4.71. The van der Waals surface area contributed by atoms with Crippen LogP contribution in [0.4, 0.5) is 0 Å². The van der Waals surface area contributed by atoms with E-state index in [4.69, 9.17) is 10.8 Å². The van der Waals surface area contributed by atoms with Gasteiger partial charge in [-0.2, -0.15) is 36.2 Å². The Bertz CT molecular complexity index is 399. The molecule has 0 rings (SSSR count). The maximum Gasteiger partial charge on any atom is 0.327 e. The van der Waals surface area contributed by atoms with Crippen molar-refractivity contribution in [3.8, 4) is 0 Å². The quantitative estimate of drug-likeness (QED) is 0.296. The average molecular weight is 384 g/mol. The average Bonchev–Trinajstić information content (AvgIpc) is 2.53. The number of carboxylic acid groups (broad SMARTS) is 1. The van der Waals surface area contributed by atoms with Crippen molar-refractivity contribution in [2.75, 3.05) is 29.8 Å². The Morgan fingerprint density at radius 3 is 2.04 bits per heavy atom. The van der Waals surface area contributed by atoms with Crippen molar-refractivity contribution in [3.63, 3.8) is 0 Å². The second-order valence-corrected chi connectivity index (χ2v) is 7.15. The topological polar surface area (TPSA) is 122 Å². The highest BCUT2D eigenvalue weighted by molar-refractivity contribution is 7.98. The van der Waals surface area contributed by atoms with Gasteiger partial charge < -0.3 is 21.5 Å². The minimum Gasteiger partial charge on any atom is -0.480 e. The van der Waals surface area contributed by atoms with E-state index in [9.17, 15) is 14.4 Å². The minimum absolute atomic E-state index is 0.0303. The molecule has 2 amide bonds. The summed E-state index contributed by atoms with van der Waals surface area (Å²) >= 11 is 7.02. The molecule has 3 atom stereocenters. The van der Waals surface area contributed by atoms with Crippen molar-refractivity contribution in [3.05, 3.63) is 0 Å². The maximum absolute atomic E-state index is 12.2. The molecule has 0 aliphatic heterocycles. The Morgan fingerprint density at radius 2 is 1.57 bits per heavy atom. The number of aliphatic carboxylic acids is 1. The molecule has 0 aliphatic rings. The highest BCUT2D eigenvalue weighted by atomic mass is 32.2. The van der Waals surface area contributed by atoms with Crippen LogP contribution in [0.5, 0.6) is 0 Å². The summed E-state index contributed by atoms with van der Waals surface area (Å²) in [6.45, 7) is 0. The molecule has 10 heteroatoms. The van der Waals surface area contributed by atoms with Crippen LogP contribution < -0.4 is 16.4 Å². The van der Waals surface area contributed by atoms with Crippen LogP contribution >= 0.6 is 36.2 Å². The lowest BCUT2D eigenvalue weighted by Gasteiger charge is -2.22. The number of nitrogens with one attached hydrogen (secondary N) is 2. The number of rotatable bonds is 12. The van der Waals surface area contributed by atoms with Crippen LogP contribution in [0.25, 0.3) is 0 Å². The number of thiol groups is 1. The SMILES string of the molecule is CSCCC(N)C(=O)NC(CCSC)C(=O)NC(CS)C(=O)O. The van der Waals surface area contributed by atoms with E-state index in [1.54, 1.807) is 11.8 Å². The van der Waals surface area contributed by atoms with Crippen LogP contribution in [0.2, 0.25) is 0 Å². The standard InChI is InChI=1S/C13H25N3O4S3/c1-22-5-3-8(14)11(17)15-9(4-6-23-2)12(18)16-10(7-21)13(19)20/h8-10,21H,3-7,14H2,1-2H3,(H,15,17)(H,16,18)(H,19,20). The number of amides is 2. The van der Waals surface area contributed by atoms with Crippen LogP contribution in [0, 0.1) is 0 Å². The molecule has 0 fully saturated rings. The van der Waals surface area contributed by atoms with Crippen molar-refractivity contribution in [2.45, 2.75) is 31.0 Å². The number of carbonyl (C=O) groups excluding carboxylic acids is 2. The largest absolute Gasteiger partial charge is 0.480 e. The zero-order valence-electron chi connectivity index (χ0n) is 13.3. The highest BCUT2D eigenvalue weighted by Gasteiger charge is 2.26. The predicted octanol–water partition coefficient (Wildman–Crippen LogP) is -0.196. The van der Waals surface area contributed by atoms with Gasteiger partial charge in [0, 0.05) is 5.75 Å². The van der Waals surface area contributed by atoms with Crippen molar-refractivity contribution in [1.82, 2.24) is 10.6 Å². The number of thioether (sulfide) groups is 2. The smallest absolute Gasteiger partial charge is 0.327 e. The van der Waals surface area contributed by atoms with Gasteiger partial charge in [0.25, 0.3) is 0 Å². The summed E-state index contributed by atoms with van der Waals surface area (Å²) in [5.74, 6) is -0.741. The van der Waals surface area contributed by atoms with E-state index in [2.05, 4.69) is 23.3 Å². The summed E-state index contributed by atoms with van der Waals surface area (Å²) in [4.78, 5) is 35.2. The maximum atomic E-state index is 12.2. The number of hydrogen-bond acceptors (Lipinski definition) is 7. The monoisotopic (exact) mass is 383 g/mol. The van der Waals surface area contributed by atoms with E-state index in [1.165, 1.54) is 11.8 Å². The Labute approximate surface area is 150 Å². The van der Waals surface area contributed by atoms with Gasteiger partial charge in [-0.25, -0.2) is 4.79 Å². The van der Waals surface area contributed by atoms with Gasteiger partial charge in [-0.3, -0.25) is 9.59 Å². The van der Waals surface area contributed by atoms with Crippen molar-refractivity contribution in [2.24, 2.45) is 5.73 Å². The van der Waals surface area contributed by atoms with Gasteiger partial charge in [0.1, 0.15) is 12.1 Å². The third kappa shape index (κ3) is 9.33. The molecule has 0 saturated heterocycles. The van der Waals surface area contributed by atoms with Crippen LogP contribution in [-0.4, -0.2) is 70.8 Å². The molecule has 3 unspecified atom stereocenters. The molecule has 0 bridgehead atoms. The fraction of sp³-hybridized carbons (Fsp3) is 0.769. The van der Waals surface area contributed by atoms with E-state index < -0.39 is 35.9 Å². The molecule has 23 heavy (non-hydrogen) atoms. The summed E-state index contributed by atoms with van der Waals surface area (Å²) in [5, 5.41) is 14.0. The van der Waals surface area contributed by atoms with Gasteiger partial charge in [0.15, 0.2) is 0 Å². The zero-order chi connectivity index (χ0) is 17.8. The van der Waals surface area contributed by atoms with Crippen molar-refractivity contribution in [1.29, 1.82) is 0 Å². The molecule has 0 saturated carbocycles. The molecule has 0 aromatic heterocycles. The normalized spacial score (nSPS) is 14.6. The molecule has 5 N–H and O–H groups in total. The van der Waals surface area contributed by atoms with E-state index in [1.807, 2.05) is 12.5 Å². The lowest BCUT2D eigenvalue weighted by molar-refractivity contribution is -0.141. The molecule has 0 aromatic rings. The van der Waals surface area contributed by atoms with E-state index in [-0.39, 0.29) is 5.75 Å². The van der Waals surface area contributed by atoms with Crippen LogP contribution in [0.1, 0.15) is 12.8 Å².